The maximum absolute atomic E-state index is 12.5. The lowest BCUT2D eigenvalue weighted by Crippen LogP contribution is -2.34. The molecule has 19 heavy (non-hydrogen) atoms. The molecule has 0 bridgehead atoms. The molecule has 0 aromatic carbocycles. The number of hydrogen-bond acceptors (Lipinski definition) is 3. The number of methoxy groups -OCH3 is 1. The van der Waals surface area contributed by atoms with Crippen molar-refractivity contribution in [1.82, 2.24) is 4.98 Å². The minimum Gasteiger partial charge on any atom is -0.385 e. The molecule has 2 atom stereocenters. The molecular weight excluding hydrogens is 283 g/mol. The Morgan fingerprint density at radius 3 is 2.37 bits per heavy atom. The molecule has 0 saturated carbocycles. The molecule has 1 rings (SSSR count). The van der Waals surface area contributed by atoms with Crippen molar-refractivity contribution in [3.63, 3.8) is 0 Å². The van der Waals surface area contributed by atoms with Crippen LogP contribution < -0.4 is 0 Å². The molecule has 0 aliphatic carbocycles. The average molecular weight is 298 g/mol. The molecule has 1 N–H and O–H groups in total. The van der Waals surface area contributed by atoms with E-state index in [9.17, 15) is 18.3 Å². The summed E-state index contributed by atoms with van der Waals surface area (Å²) in [6, 6.07) is 1.91. The third kappa shape index (κ3) is 3.38. The van der Waals surface area contributed by atoms with E-state index in [1.807, 2.05) is 0 Å². The molecule has 2 unspecified atom stereocenters. The summed E-state index contributed by atoms with van der Waals surface area (Å²) in [5.74, 6) is 0. The van der Waals surface area contributed by atoms with Crippen LogP contribution in [0.3, 0.4) is 0 Å². The number of nitrogens with zero attached hydrogens (tertiary/aromatic N) is 1. The third-order valence-electron chi connectivity index (χ3n) is 3.21. The molecular formula is C12H15ClF3NO2. The van der Waals surface area contributed by atoms with Crippen molar-refractivity contribution in [3.05, 3.63) is 28.5 Å². The second-order valence-electron chi connectivity index (χ2n) is 4.35. The summed E-state index contributed by atoms with van der Waals surface area (Å²) in [5.41, 5.74) is -1.92. The van der Waals surface area contributed by atoms with Crippen LogP contribution in [-0.2, 0) is 10.9 Å². The van der Waals surface area contributed by atoms with Gasteiger partial charge in [-0.25, -0.2) is 4.98 Å². The number of rotatable bonds is 4. The van der Waals surface area contributed by atoms with Crippen LogP contribution in [0.25, 0.3) is 0 Å². The van der Waals surface area contributed by atoms with E-state index >= 15 is 0 Å². The number of hydrogen-bond donors (Lipinski definition) is 1. The van der Waals surface area contributed by atoms with Crippen molar-refractivity contribution >= 4 is 11.6 Å². The Hall–Kier alpha value is -0.850. The van der Waals surface area contributed by atoms with Crippen molar-refractivity contribution in [1.29, 1.82) is 0 Å². The van der Waals surface area contributed by atoms with E-state index in [1.54, 1.807) is 13.8 Å². The van der Waals surface area contributed by atoms with Gasteiger partial charge in [0.15, 0.2) is 0 Å². The molecule has 0 amide bonds. The van der Waals surface area contributed by atoms with E-state index in [0.717, 1.165) is 12.1 Å². The van der Waals surface area contributed by atoms with Crippen LogP contribution >= 0.6 is 11.6 Å². The summed E-state index contributed by atoms with van der Waals surface area (Å²) in [6.07, 6.45) is -5.27. The van der Waals surface area contributed by atoms with Gasteiger partial charge in [-0.05, 0) is 19.4 Å². The highest BCUT2D eigenvalue weighted by atomic mass is 35.5. The van der Waals surface area contributed by atoms with E-state index in [4.69, 9.17) is 16.3 Å². The molecule has 1 heterocycles. The highest BCUT2D eigenvalue weighted by Crippen LogP contribution is 2.36. The van der Waals surface area contributed by atoms with Gasteiger partial charge in [0.05, 0.1) is 5.60 Å². The van der Waals surface area contributed by atoms with Gasteiger partial charge in [-0.1, -0.05) is 24.6 Å². The third-order valence-corrected chi connectivity index (χ3v) is 3.51. The summed E-state index contributed by atoms with van der Waals surface area (Å²) in [7, 11) is 1.41. The molecule has 3 nitrogen and oxygen atoms in total. The summed E-state index contributed by atoms with van der Waals surface area (Å²) in [4.78, 5) is 3.27. The van der Waals surface area contributed by atoms with Gasteiger partial charge in [0.25, 0.3) is 0 Å². The Kier molecular flexibility index (Phi) is 4.81. The molecule has 108 valence electrons. The molecule has 0 radical (unpaired) electrons. The quantitative estimate of drug-likeness (QED) is 0.863. The first-order chi connectivity index (χ1) is 8.65. The highest BCUT2D eigenvalue weighted by molar-refractivity contribution is 6.30. The first kappa shape index (κ1) is 16.2. The van der Waals surface area contributed by atoms with Gasteiger partial charge in [0, 0.05) is 12.7 Å². The van der Waals surface area contributed by atoms with Crippen LogP contribution in [0.5, 0.6) is 0 Å². The topological polar surface area (TPSA) is 42.4 Å². The maximum Gasteiger partial charge on any atom is 0.433 e. The second-order valence-corrected chi connectivity index (χ2v) is 4.71. The van der Waals surface area contributed by atoms with Gasteiger partial charge in [-0.15, -0.1) is 0 Å². The van der Waals surface area contributed by atoms with Gasteiger partial charge >= 0.3 is 6.18 Å². The Morgan fingerprint density at radius 1 is 1.42 bits per heavy atom. The van der Waals surface area contributed by atoms with Crippen LogP contribution in [-0.4, -0.2) is 22.8 Å². The lowest BCUT2D eigenvalue weighted by atomic mass is 9.91. The van der Waals surface area contributed by atoms with Gasteiger partial charge < -0.3 is 9.84 Å². The van der Waals surface area contributed by atoms with Crippen molar-refractivity contribution in [3.8, 4) is 0 Å². The summed E-state index contributed by atoms with van der Waals surface area (Å²) in [5, 5.41) is 9.81. The smallest absolute Gasteiger partial charge is 0.385 e. The lowest BCUT2D eigenvalue weighted by Gasteiger charge is -2.32. The van der Waals surface area contributed by atoms with Crippen LogP contribution in [0.15, 0.2) is 12.1 Å². The van der Waals surface area contributed by atoms with Gasteiger partial charge in [-0.3, -0.25) is 0 Å². The zero-order valence-corrected chi connectivity index (χ0v) is 11.5. The summed E-state index contributed by atoms with van der Waals surface area (Å²) >= 11 is 5.72. The summed E-state index contributed by atoms with van der Waals surface area (Å²) < 4.78 is 42.6. The molecule has 7 heteroatoms. The zero-order valence-electron chi connectivity index (χ0n) is 10.8. The minimum atomic E-state index is -4.57. The van der Waals surface area contributed by atoms with E-state index in [2.05, 4.69) is 4.98 Å². The molecule has 0 spiro atoms. The predicted molar refractivity (Wildman–Crippen MR) is 64.9 cm³/mol. The fourth-order valence-electron chi connectivity index (χ4n) is 1.59. The largest absolute Gasteiger partial charge is 0.433 e. The van der Waals surface area contributed by atoms with Crippen LogP contribution in [0.1, 0.15) is 37.6 Å². The maximum atomic E-state index is 12.5. The van der Waals surface area contributed by atoms with Crippen molar-refractivity contribution in [2.24, 2.45) is 0 Å². The number of aliphatic hydroxyl groups excluding tert-OH is 1. The first-order valence-electron chi connectivity index (χ1n) is 5.62. The molecule has 1 aromatic rings. The molecule has 0 aliphatic rings. The van der Waals surface area contributed by atoms with E-state index in [-0.39, 0.29) is 10.7 Å². The standard InChI is InChI=1S/C12H15ClF3NO2/c1-4-11(2,19-3)9(18)7-5-6-8(12(14,15)16)17-10(7)13/h5-6,9,18H,4H2,1-3H3. The number of alkyl halides is 3. The van der Waals surface area contributed by atoms with Crippen LogP contribution in [0.4, 0.5) is 13.2 Å². The fourth-order valence-corrected chi connectivity index (χ4v) is 1.84. The first-order valence-corrected chi connectivity index (χ1v) is 6.00. The van der Waals surface area contributed by atoms with Gasteiger partial charge in [0.2, 0.25) is 0 Å². The monoisotopic (exact) mass is 297 g/mol. The van der Waals surface area contributed by atoms with E-state index < -0.39 is 23.6 Å². The zero-order chi connectivity index (χ0) is 14.8. The molecule has 0 saturated heterocycles. The van der Waals surface area contributed by atoms with Crippen molar-refractivity contribution in [2.75, 3.05) is 7.11 Å². The Balaban J connectivity index is 3.16. The summed E-state index contributed by atoms with van der Waals surface area (Å²) in [6.45, 7) is 3.43. The van der Waals surface area contributed by atoms with Crippen molar-refractivity contribution < 1.29 is 23.0 Å². The van der Waals surface area contributed by atoms with Gasteiger partial charge in [-0.2, -0.15) is 13.2 Å². The number of aliphatic hydroxyl groups is 1. The molecule has 0 aliphatic heterocycles. The van der Waals surface area contributed by atoms with Crippen molar-refractivity contribution in [2.45, 2.75) is 38.1 Å². The van der Waals surface area contributed by atoms with E-state index in [1.165, 1.54) is 7.11 Å². The van der Waals surface area contributed by atoms with Crippen LogP contribution in [0.2, 0.25) is 5.15 Å². The number of ether oxygens (including phenoxy) is 1. The number of pyridine rings is 1. The minimum absolute atomic E-state index is 0.112. The normalized spacial score (nSPS) is 17.1. The molecule has 1 aromatic heterocycles. The molecule has 0 fully saturated rings. The fraction of sp³-hybridized carbons (Fsp3) is 0.583. The Bertz CT molecular complexity index is 447. The highest BCUT2D eigenvalue weighted by Gasteiger charge is 2.37. The number of halogens is 4. The predicted octanol–water partition coefficient (Wildman–Crippen LogP) is 3.60. The van der Waals surface area contributed by atoms with Gasteiger partial charge in [0.1, 0.15) is 17.0 Å². The van der Waals surface area contributed by atoms with Crippen LogP contribution in [0, 0.1) is 0 Å². The van der Waals surface area contributed by atoms with E-state index in [0.29, 0.717) is 6.42 Å². The second kappa shape index (κ2) is 5.64. The number of aromatic nitrogens is 1. The lowest BCUT2D eigenvalue weighted by molar-refractivity contribution is -0.141. The Labute approximate surface area is 114 Å². The SMILES string of the molecule is CCC(C)(OC)C(O)c1ccc(C(F)(F)F)nc1Cl. The Morgan fingerprint density at radius 2 is 2.00 bits per heavy atom. The average Bonchev–Trinajstić information content (AvgIpc) is 2.35.